The SMILES string of the molecule is c1ccc(COc2ccc3c(c2)C24CCCCC2C(C3)NCC4)cc1. The number of hydrogen-bond acceptors (Lipinski definition) is 2. The average Bonchev–Trinajstić information content (AvgIpc) is 2.67. The van der Waals surface area contributed by atoms with Gasteiger partial charge in [0.15, 0.2) is 0 Å². The second-order valence-corrected chi connectivity index (χ2v) is 8.12. The number of hydrogen-bond donors (Lipinski definition) is 1. The van der Waals surface area contributed by atoms with Crippen LogP contribution in [0.3, 0.4) is 0 Å². The molecule has 3 aliphatic rings. The zero-order valence-electron chi connectivity index (χ0n) is 14.8. The van der Waals surface area contributed by atoms with Crippen LogP contribution in [0.15, 0.2) is 48.5 Å². The van der Waals surface area contributed by atoms with E-state index in [0.29, 0.717) is 18.1 Å². The summed E-state index contributed by atoms with van der Waals surface area (Å²) in [6.45, 7) is 1.83. The van der Waals surface area contributed by atoms with Crippen LogP contribution in [0.5, 0.6) is 5.75 Å². The predicted molar refractivity (Wildman–Crippen MR) is 101 cm³/mol. The van der Waals surface area contributed by atoms with Crippen molar-refractivity contribution in [2.75, 3.05) is 6.54 Å². The lowest BCUT2D eigenvalue weighted by atomic mass is 9.53. The quantitative estimate of drug-likeness (QED) is 0.885. The second kappa shape index (κ2) is 6.17. The largest absolute Gasteiger partial charge is 0.489 e. The smallest absolute Gasteiger partial charge is 0.120 e. The molecule has 130 valence electrons. The minimum Gasteiger partial charge on any atom is -0.489 e. The fraction of sp³-hybridized carbons (Fsp3) is 0.478. The molecule has 2 aromatic carbocycles. The zero-order valence-corrected chi connectivity index (χ0v) is 14.8. The Bertz CT molecular complexity index is 752. The van der Waals surface area contributed by atoms with Crippen LogP contribution in [-0.2, 0) is 18.4 Å². The maximum Gasteiger partial charge on any atom is 0.120 e. The average molecular weight is 333 g/mol. The van der Waals surface area contributed by atoms with E-state index in [0.717, 1.165) is 11.7 Å². The molecule has 1 aliphatic heterocycles. The van der Waals surface area contributed by atoms with Gasteiger partial charge in [-0.05, 0) is 67.0 Å². The first-order valence-electron chi connectivity index (χ1n) is 9.89. The first-order valence-corrected chi connectivity index (χ1v) is 9.89. The molecule has 2 aliphatic carbocycles. The molecule has 0 radical (unpaired) electrons. The van der Waals surface area contributed by atoms with E-state index >= 15 is 0 Å². The van der Waals surface area contributed by atoms with Crippen molar-refractivity contribution in [1.82, 2.24) is 5.32 Å². The molecule has 2 bridgehead atoms. The Balaban J connectivity index is 1.46. The molecule has 1 N–H and O–H groups in total. The summed E-state index contributed by atoms with van der Waals surface area (Å²) in [6, 6.07) is 18.1. The van der Waals surface area contributed by atoms with Crippen molar-refractivity contribution in [1.29, 1.82) is 0 Å². The third-order valence-corrected chi connectivity index (χ3v) is 6.87. The maximum absolute atomic E-state index is 6.16. The first kappa shape index (κ1) is 15.5. The van der Waals surface area contributed by atoms with Crippen LogP contribution in [0, 0.1) is 5.92 Å². The standard InChI is InChI=1S/C23H27NO/c1-2-6-17(7-3-1)16-25-19-10-9-18-14-22-20-8-4-5-11-23(20,12-13-24-22)21(18)15-19/h1-3,6-7,9-10,15,20,22,24H,4-5,8,11-14,16H2. The highest BCUT2D eigenvalue weighted by molar-refractivity contribution is 5.45. The van der Waals surface area contributed by atoms with Gasteiger partial charge in [-0.2, -0.15) is 0 Å². The summed E-state index contributed by atoms with van der Waals surface area (Å²) >= 11 is 0. The van der Waals surface area contributed by atoms with Crippen molar-refractivity contribution < 1.29 is 4.74 Å². The molecule has 25 heavy (non-hydrogen) atoms. The Labute approximate surface area is 150 Å². The van der Waals surface area contributed by atoms with Gasteiger partial charge in [-0.1, -0.05) is 49.2 Å². The lowest BCUT2D eigenvalue weighted by Crippen LogP contribution is -2.59. The molecule has 5 rings (SSSR count). The molecule has 0 aromatic heterocycles. The topological polar surface area (TPSA) is 21.3 Å². The maximum atomic E-state index is 6.16. The Morgan fingerprint density at radius 3 is 2.88 bits per heavy atom. The lowest BCUT2D eigenvalue weighted by Gasteiger charge is -2.56. The molecular weight excluding hydrogens is 306 g/mol. The summed E-state index contributed by atoms with van der Waals surface area (Å²) < 4.78 is 6.16. The van der Waals surface area contributed by atoms with Crippen LogP contribution in [0.1, 0.15) is 48.8 Å². The number of benzene rings is 2. The molecule has 1 heterocycles. The van der Waals surface area contributed by atoms with Gasteiger partial charge in [-0.15, -0.1) is 0 Å². The van der Waals surface area contributed by atoms with Crippen LogP contribution < -0.4 is 10.1 Å². The van der Waals surface area contributed by atoms with Crippen LogP contribution in [0.2, 0.25) is 0 Å². The van der Waals surface area contributed by atoms with Crippen LogP contribution in [0.4, 0.5) is 0 Å². The third kappa shape index (κ3) is 2.58. The molecule has 1 saturated heterocycles. The minimum absolute atomic E-state index is 0.411. The molecule has 2 nitrogen and oxygen atoms in total. The summed E-state index contributed by atoms with van der Waals surface area (Å²) in [5.41, 5.74) is 4.81. The molecular formula is C23H27NO. The van der Waals surface area contributed by atoms with Crippen LogP contribution in [-0.4, -0.2) is 12.6 Å². The number of piperidine rings is 1. The van der Waals surface area contributed by atoms with Gasteiger partial charge < -0.3 is 10.1 Å². The van der Waals surface area contributed by atoms with Crippen molar-refractivity contribution >= 4 is 0 Å². The van der Waals surface area contributed by atoms with E-state index in [1.54, 1.807) is 11.1 Å². The van der Waals surface area contributed by atoms with Gasteiger partial charge in [-0.25, -0.2) is 0 Å². The summed E-state index contributed by atoms with van der Waals surface area (Å²) in [5.74, 6) is 1.87. The molecule has 0 amide bonds. The molecule has 2 fully saturated rings. The highest BCUT2D eigenvalue weighted by Crippen LogP contribution is 2.54. The first-order chi connectivity index (χ1) is 12.4. The van der Waals surface area contributed by atoms with Crippen LogP contribution in [0.25, 0.3) is 0 Å². The van der Waals surface area contributed by atoms with Crippen molar-refractivity contribution in [2.24, 2.45) is 5.92 Å². The second-order valence-electron chi connectivity index (χ2n) is 8.12. The molecule has 3 unspecified atom stereocenters. The van der Waals surface area contributed by atoms with Gasteiger partial charge >= 0.3 is 0 Å². The van der Waals surface area contributed by atoms with Crippen molar-refractivity contribution in [3.05, 3.63) is 65.2 Å². The van der Waals surface area contributed by atoms with E-state index in [4.69, 9.17) is 4.74 Å². The molecule has 2 heteroatoms. The normalized spacial score (nSPS) is 30.2. The third-order valence-electron chi connectivity index (χ3n) is 6.87. The van der Waals surface area contributed by atoms with Crippen LogP contribution >= 0.6 is 0 Å². The van der Waals surface area contributed by atoms with Gasteiger partial charge in [0.2, 0.25) is 0 Å². The van der Waals surface area contributed by atoms with Crippen molar-refractivity contribution in [3.8, 4) is 5.75 Å². The summed E-state index contributed by atoms with van der Waals surface area (Å²) in [4.78, 5) is 0. The fourth-order valence-electron chi connectivity index (χ4n) is 5.73. The van der Waals surface area contributed by atoms with Gasteiger partial charge in [-0.3, -0.25) is 0 Å². The van der Waals surface area contributed by atoms with Gasteiger partial charge in [0.05, 0.1) is 0 Å². The number of nitrogens with one attached hydrogen (secondary N) is 1. The van der Waals surface area contributed by atoms with Gasteiger partial charge in [0.1, 0.15) is 12.4 Å². The minimum atomic E-state index is 0.411. The summed E-state index contributed by atoms with van der Waals surface area (Å²) in [7, 11) is 0. The van der Waals surface area contributed by atoms with E-state index in [1.165, 1.54) is 50.6 Å². The Hall–Kier alpha value is -1.80. The molecule has 1 saturated carbocycles. The van der Waals surface area contributed by atoms with E-state index in [-0.39, 0.29) is 0 Å². The Morgan fingerprint density at radius 1 is 1.04 bits per heavy atom. The number of fused-ring (bicyclic) bond motifs is 1. The Morgan fingerprint density at radius 2 is 1.96 bits per heavy atom. The van der Waals surface area contributed by atoms with E-state index in [2.05, 4.69) is 53.8 Å². The molecule has 0 spiro atoms. The highest BCUT2D eigenvalue weighted by atomic mass is 16.5. The highest BCUT2D eigenvalue weighted by Gasteiger charge is 2.51. The summed E-state index contributed by atoms with van der Waals surface area (Å²) in [5, 5.41) is 3.82. The number of ether oxygens (including phenoxy) is 1. The lowest BCUT2D eigenvalue weighted by molar-refractivity contribution is 0.0794. The van der Waals surface area contributed by atoms with E-state index < -0.39 is 0 Å². The van der Waals surface area contributed by atoms with Gasteiger partial charge in [0, 0.05) is 11.5 Å². The van der Waals surface area contributed by atoms with Gasteiger partial charge in [0.25, 0.3) is 0 Å². The molecule has 3 atom stereocenters. The zero-order chi connectivity index (χ0) is 16.7. The van der Waals surface area contributed by atoms with Crippen molar-refractivity contribution in [3.63, 3.8) is 0 Å². The Kier molecular flexibility index (Phi) is 3.82. The predicted octanol–water partition coefficient (Wildman–Crippen LogP) is 4.61. The monoisotopic (exact) mass is 333 g/mol. The van der Waals surface area contributed by atoms with E-state index in [9.17, 15) is 0 Å². The van der Waals surface area contributed by atoms with E-state index in [1.807, 2.05) is 0 Å². The van der Waals surface area contributed by atoms with Crippen molar-refractivity contribution in [2.45, 2.75) is 56.6 Å². The number of rotatable bonds is 3. The molecule has 2 aromatic rings. The fourth-order valence-corrected chi connectivity index (χ4v) is 5.73. The summed E-state index contributed by atoms with van der Waals surface area (Å²) in [6.07, 6.45) is 8.04.